The fraction of sp³-hybridized carbons (Fsp3) is 0.391. The van der Waals surface area contributed by atoms with Crippen LogP contribution in [0.15, 0.2) is 42.7 Å². The number of nitrogens with one attached hydrogen (secondary N) is 1. The zero-order valence-corrected chi connectivity index (χ0v) is 16.3. The molecule has 0 amide bonds. The van der Waals surface area contributed by atoms with E-state index in [1.165, 1.54) is 6.42 Å². The molecule has 1 aromatic carbocycles. The number of nitrogens with zero attached hydrogens (tertiary/aromatic N) is 2. The number of anilines is 2. The van der Waals surface area contributed by atoms with E-state index in [0.29, 0.717) is 11.7 Å². The maximum Gasteiger partial charge on any atom is 0.339 e. The van der Waals surface area contributed by atoms with E-state index in [1.807, 2.05) is 12.1 Å². The molecule has 2 fully saturated rings. The Balaban J connectivity index is 1.38. The number of rotatable bonds is 6. The zero-order valence-electron chi connectivity index (χ0n) is 16.3. The van der Waals surface area contributed by atoms with Gasteiger partial charge in [-0.1, -0.05) is 0 Å². The number of aromatic nitrogens is 2. The Kier molecular flexibility index (Phi) is 4.72. The van der Waals surface area contributed by atoms with E-state index in [-0.39, 0.29) is 11.7 Å². The molecule has 3 aromatic rings. The Hall–Kier alpha value is -2.86. The summed E-state index contributed by atoms with van der Waals surface area (Å²) in [5.41, 5.74) is 3.23. The van der Waals surface area contributed by atoms with E-state index >= 15 is 0 Å². The number of pyridine rings is 1. The number of carboxylic acids is 1. The highest BCUT2D eigenvalue weighted by atomic mass is 16.5. The normalized spacial score (nSPS) is 19.4. The first kappa shape index (κ1) is 18.2. The number of carboxylic acid groups (broad SMARTS) is 1. The second-order valence-electron chi connectivity index (χ2n) is 8.10. The van der Waals surface area contributed by atoms with E-state index in [0.717, 1.165) is 61.0 Å². The third-order valence-electron chi connectivity index (χ3n) is 5.90. The minimum Gasteiger partial charge on any atom is -0.478 e. The topological polar surface area (TPSA) is 76.4 Å². The second kappa shape index (κ2) is 7.52. The molecule has 1 aliphatic heterocycles. The third-order valence-corrected chi connectivity index (χ3v) is 5.90. The average molecular weight is 391 g/mol. The number of fused-ring (bicyclic) bond motifs is 1. The molecular formula is C23H25N3O3. The second-order valence-corrected chi connectivity index (χ2v) is 8.10. The molecule has 5 rings (SSSR count). The molecule has 2 N–H and O–H groups in total. The summed E-state index contributed by atoms with van der Waals surface area (Å²) in [7, 11) is 0. The highest BCUT2D eigenvalue weighted by Gasteiger charge is 2.26. The molecule has 1 saturated carbocycles. The van der Waals surface area contributed by atoms with E-state index in [4.69, 9.17) is 4.74 Å². The highest BCUT2D eigenvalue weighted by Crippen LogP contribution is 2.40. The van der Waals surface area contributed by atoms with Crippen LogP contribution in [-0.2, 0) is 11.3 Å². The quantitative estimate of drug-likeness (QED) is 0.623. The molecule has 6 nitrogen and oxygen atoms in total. The molecule has 1 aliphatic carbocycles. The predicted molar refractivity (Wildman–Crippen MR) is 112 cm³/mol. The standard InChI is InChI=1S/C23H25N3O3/c27-23(28)20-12-17(15-4-5-15)13-24-22(20)25-18-6-7-21-16(11-18)8-9-26(21)14-19-3-1-2-10-29-19/h6-9,11-13,15,19H,1-5,10,14H2,(H,24,25)(H,27,28). The smallest absolute Gasteiger partial charge is 0.339 e. The molecule has 1 unspecified atom stereocenters. The maximum atomic E-state index is 11.7. The van der Waals surface area contributed by atoms with Crippen LogP contribution in [0.3, 0.4) is 0 Å². The predicted octanol–water partition coefficient (Wildman–Crippen LogP) is 4.92. The van der Waals surface area contributed by atoms with Crippen LogP contribution < -0.4 is 5.32 Å². The first-order valence-electron chi connectivity index (χ1n) is 10.4. The molecule has 2 aliphatic rings. The van der Waals surface area contributed by atoms with Crippen LogP contribution >= 0.6 is 0 Å². The number of benzene rings is 1. The summed E-state index contributed by atoms with van der Waals surface area (Å²) in [6.45, 7) is 1.72. The Bertz CT molecular complexity index is 1050. The summed E-state index contributed by atoms with van der Waals surface area (Å²) in [6.07, 6.45) is 9.91. The lowest BCUT2D eigenvalue weighted by atomic mass is 10.1. The Morgan fingerprint density at radius 1 is 1.21 bits per heavy atom. The molecule has 6 heteroatoms. The van der Waals surface area contributed by atoms with Crippen LogP contribution in [0.4, 0.5) is 11.5 Å². The molecule has 0 spiro atoms. The molecule has 29 heavy (non-hydrogen) atoms. The highest BCUT2D eigenvalue weighted by molar-refractivity contribution is 5.94. The van der Waals surface area contributed by atoms with Gasteiger partial charge in [0.2, 0.25) is 0 Å². The van der Waals surface area contributed by atoms with Crippen molar-refractivity contribution in [2.75, 3.05) is 11.9 Å². The molecule has 1 saturated heterocycles. The van der Waals surface area contributed by atoms with Gasteiger partial charge in [0, 0.05) is 42.1 Å². The van der Waals surface area contributed by atoms with Gasteiger partial charge in [-0.05, 0) is 73.9 Å². The summed E-state index contributed by atoms with van der Waals surface area (Å²) in [6, 6.07) is 9.93. The summed E-state index contributed by atoms with van der Waals surface area (Å²) in [5, 5.41) is 13.9. The average Bonchev–Trinajstić information content (AvgIpc) is 3.51. The van der Waals surface area contributed by atoms with Gasteiger partial charge in [-0.15, -0.1) is 0 Å². The summed E-state index contributed by atoms with van der Waals surface area (Å²) >= 11 is 0. The molecule has 0 radical (unpaired) electrons. The van der Waals surface area contributed by atoms with Crippen molar-refractivity contribution in [1.29, 1.82) is 0 Å². The molecule has 150 valence electrons. The molecule has 2 aromatic heterocycles. The minimum atomic E-state index is -0.956. The first-order valence-corrected chi connectivity index (χ1v) is 10.4. The number of ether oxygens (including phenoxy) is 1. The Labute approximate surface area is 169 Å². The van der Waals surface area contributed by atoms with Crippen molar-refractivity contribution in [3.05, 3.63) is 53.9 Å². The largest absolute Gasteiger partial charge is 0.478 e. The number of hydrogen-bond donors (Lipinski definition) is 2. The van der Waals surface area contributed by atoms with Crippen LogP contribution in [0.1, 0.15) is 53.9 Å². The molecule has 3 heterocycles. The summed E-state index contributed by atoms with van der Waals surface area (Å²) in [5.74, 6) is -0.0996. The van der Waals surface area contributed by atoms with Crippen molar-refractivity contribution >= 4 is 28.4 Å². The van der Waals surface area contributed by atoms with Gasteiger partial charge in [0.1, 0.15) is 11.4 Å². The van der Waals surface area contributed by atoms with Crippen LogP contribution in [0.25, 0.3) is 10.9 Å². The summed E-state index contributed by atoms with van der Waals surface area (Å²) in [4.78, 5) is 16.1. The Morgan fingerprint density at radius 3 is 2.86 bits per heavy atom. The van der Waals surface area contributed by atoms with Crippen LogP contribution in [0.2, 0.25) is 0 Å². The summed E-state index contributed by atoms with van der Waals surface area (Å²) < 4.78 is 8.11. The van der Waals surface area contributed by atoms with Gasteiger partial charge in [-0.2, -0.15) is 0 Å². The van der Waals surface area contributed by atoms with Gasteiger partial charge in [-0.3, -0.25) is 0 Å². The lowest BCUT2D eigenvalue weighted by Crippen LogP contribution is -2.24. The minimum absolute atomic E-state index is 0.224. The van der Waals surface area contributed by atoms with Crippen molar-refractivity contribution in [3.63, 3.8) is 0 Å². The lowest BCUT2D eigenvalue weighted by Gasteiger charge is -2.23. The van der Waals surface area contributed by atoms with Gasteiger partial charge in [0.15, 0.2) is 0 Å². The molecule has 0 bridgehead atoms. The van der Waals surface area contributed by atoms with Crippen molar-refractivity contribution in [2.45, 2.75) is 50.7 Å². The lowest BCUT2D eigenvalue weighted by molar-refractivity contribution is 0.00670. The Morgan fingerprint density at radius 2 is 2.10 bits per heavy atom. The van der Waals surface area contributed by atoms with Crippen molar-refractivity contribution in [3.8, 4) is 0 Å². The number of aromatic carboxylic acids is 1. The van der Waals surface area contributed by atoms with E-state index in [1.54, 1.807) is 12.3 Å². The van der Waals surface area contributed by atoms with Gasteiger partial charge in [0.05, 0.1) is 6.10 Å². The van der Waals surface area contributed by atoms with Crippen molar-refractivity contribution in [1.82, 2.24) is 9.55 Å². The van der Waals surface area contributed by atoms with Gasteiger partial charge >= 0.3 is 5.97 Å². The fourth-order valence-electron chi connectivity index (χ4n) is 4.13. The van der Waals surface area contributed by atoms with Gasteiger partial charge in [-0.25, -0.2) is 9.78 Å². The SMILES string of the molecule is O=C(O)c1cc(C2CC2)cnc1Nc1ccc2c(ccn2CC2CCCCO2)c1. The van der Waals surface area contributed by atoms with E-state index in [9.17, 15) is 9.90 Å². The maximum absolute atomic E-state index is 11.7. The van der Waals surface area contributed by atoms with Crippen molar-refractivity contribution in [2.24, 2.45) is 0 Å². The van der Waals surface area contributed by atoms with Gasteiger partial charge in [0.25, 0.3) is 0 Å². The van der Waals surface area contributed by atoms with E-state index in [2.05, 4.69) is 33.2 Å². The fourth-order valence-corrected chi connectivity index (χ4v) is 4.13. The van der Waals surface area contributed by atoms with Crippen LogP contribution in [0.5, 0.6) is 0 Å². The number of carbonyl (C=O) groups is 1. The van der Waals surface area contributed by atoms with Gasteiger partial charge < -0.3 is 19.7 Å². The number of hydrogen-bond acceptors (Lipinski definition) is 4. The molecular weight excluding hydrogens is 366 g/mol. The van der Waals surface area contributed by atoms with E-state index < -0.39 is 5.97 Å². The first-order chi connectivity index (χ1) is 14.2. The van der Waals surface area contributed by atoms with Crippen LogP contribution in [-0.4, -0.2) is 33.3 Å². The van der Waals surface area contributed by atoms with Crippen molar-refractivity contribution < 1.29 is 14.6 Å². The molecule has 1 atom stereocenters. The van der Waals surface area contributed by atoms with Crippen LogP contribution in [0, 0.1) is 0 Å². The monoisotopic (exact) mass is 391 g/mol. The zero-order chi connectivity index (χ0) is 19.8. The third kappa shape index (κ3) is 3.85.